The minimum Gasteiger partial charge on any atom is -0.0651 e. The van der Waals surface area contributed by atoms with Gasteiger partial charge in [0.2, 0.25) is 0 Å². The standard InChI is InChI=1S/C15H28/c1-2-13-8-5-9-15(12-13)11-10-14-6-3-4-7-14/h13-15H,2-12H2,1H3. The molecule has 0 amide bonds. The molecule has 0 aromatic heterocycles. The van der Waals surface area contributed by atoms with E-state index >= 15 is 0 Å². The molecule has 2 saturated carbocycles. The first-order chi connectivity index (χ1) is 7.38. The van der Waals surface area contributed by atoms with Crippen LogP contribution in [0.3, 0.4) is 0 Å². The smallest absolute Gasteiger partial charge is 0.0412 e. The first-order valence-corrected chi connectivity index (χ1v) is 7.38. The quantitative estimate of drug-likeness (QED) is 0.597. The minimum absolute atomic E-state index is 1.08. The Hall–Kier alpha value is 0. The van der Waals surface area contributed by atoms with Crippen LogP contribution in [0.2, 0.25) is 0 Å². The van der Waals surface area contributed by atoms with Gasteiger partial charge in [0, 0.05) is 0 Å². The Bertz CT molecular complexity index is 167. The molecule has 0 N–H and O–H groups in total. The Morgan fingerprint density at radius 2 is 1.33 bits per heavy atom. The molecule has 0 bridgehead atoms. The van der Waals surface area contributed by atoms with Crippen molar-refractivity contribution in [3.05, 3.63) is 0 Å². The van der Waals surface area contributed by atoms with Gasteiger partial charge < -0.3 is 0 Å². The van der Waals surface area contributed by atoms with Gasteiger partial charge in [-0.1, -0.05) is 71.1 Å². The molecule has 0 heterocycles. The summed E-state index contributed by atoms with van der Waals surface area (Å²) < 4.78 is 0. The highest BCUT2D eigenvalue weighted by molar-refractivity contribution is 4.75. The molecule has 0 radical (unpaired) electrons. The largest absolute Gasteiger partial charge is 0.0651 e. The first-order valence-electron chi connectivity index (χ1n) is 7.38. The van der Waals surface area contributed by atoms with E-state index in [0.29, 0.717) is 0 Å². The van der Waals surface area contributed by atoms with Crippen LogP contribution in [0.25, 0.3) is 0 Å². The summed E-state index contributed by atoms with van der Waals surface area (Å²) in [5.74, 6) is 3.30. The van der Waals surface area contributed by atoms with E-state index in [2.05, 4.69) is 6.92 Å². The lowest BCUT2D eigenvalue weighted by Crippen LogP contribution is -2.15. The number of rotatable bonds is 4. The molecule has 2 rings (SSSR count). The Labute approximate surface area is 95.8 Å². The molecular formula is C15H28. The minimum atomic E-state index is 1.08. The lowest BCUT2D eigenvalue weighted by molar-refractivity contribution is 0.236. The summed E-state index contributed by atoms with van der Waals surface area (Å²) in [5.41, 5.74) is 0. The van der Waals surface area contributed by atoms with E-state index in [1.807, 2.05) is 0 Å². The molecule has 0 spiro atoms. The normalized spacial score (nSPS) is 33.4. The molecule has 0 aromatic rings. The molecule has 2 atom stereocenters. The van der Waals surface area contributed by atoms with Gasteiger partial charge in [0.25, 0.3) is 0 Å². The third kappa shape index (κ3) is 3.50. The van der Waals surface area contributed by atoms with Crippen LogP contribution >= 0.6 is 0 Å². The second-order valence-corrected chi connectivity index (χ2v) is 6.03. The molecule has 2 aliphatic rings. The van der Waals surface area contributed by atoms with E-state index in [4.69, 9.17) is 0 Å². The zero-order valence-electron chi connectivity index (χ0n) is 10.5. The van der Waals surface area contributed by atoms with Crippen molar-refractivity contribution < 1.29 is 0 Å². The fourth-order valence-corrected chi connectivity index (χ4v) is 3.81. The van der Waals surface area contributed by atoms with Crippen molar-refractivity contribution in [3.8, 4) is 0 Å². The maximum Gasteiger partial charge on any atom is -0.0412 e. The fraction of sp³-hybridized carbons (Fsp3) is 1.00. The average molecular weight is 208 g/mol. The topological polar surface area (TPSA) is 0 Å². The van der Waals surface area contributed by atoms with Crippen LogP contribution in [0.5, 0.6) is 0 Å². The average Bonchev–Trinajstić information content (AvgIpc) is 2.79. The zero-order valence-corrected chi connectivity index (χ0v) is 10.5. The molecule has 0 aliphatic heterocycles. The van der Waals surface area contributed by atoms with Crippen molar-refractivity contribution in [2.24, 2.45) is 17.8 Å². The summed E-state index contributed by atoms with van der Waals surface area (Å²) in [4.78, 5) is 0. The van der Waals surface area contributed by atoms with Gasteiger partial charge in [0.15, 0.2) is 0 Å². The SMILES string of the molecule is CCC1CCCC(CCC2CCCC2)C1. The summed E-state index contributed by atoms with van der Waals surface area (Å²) in [6.07, 6.45) is 16.8. The summed E-state index contributed by atoms with van der Waals surface area (Å²) in [5, 5.41) is 0. The van der Waals surface area contributed by atoms with Crippen LogP contribution < -0.4 is 0 Å². The van der Waals surface area contributed by atoms with Gasteiger partial charge in [-0.2, -0.15) is 0 Å². The predicted molar refractivity (Wildman–Crippen MR) is 66.9 cm³/mol. The zero-order chi connectivity index (χ0) is 10.5. The van der Waals surface area contributed by atoms with Crippen molar-refractivity contribution >= 4 is 0 Å². The molecule has 0 aromatic carbocycles. The van der Waals surface area contributed by atoms with E-state index < -0.39 is 0 Å². The van der Waals surface area contributed by atoms with Crippen molar-refractivity contribution in [1.29, 1.82) is 0 Å². The number of hydrogen-bond donors (Lipinski definition) is 0. The Morgan fingerprint density at radius 3 is 2.07 bits per heavy atom. The van der Waals surface area contributed by atoms with Crippen molar-refractivity contribution in [2.75, 3.05) is 0 Å². The van der Waals surface area contributed by atoms with Crippen LogP contribution in [0.4, 0.5) is 0 Å². The van der Waals surface area contributed by atoms with E-state index in [-0.39, 0.29) is 0 Å². The van der Waals surface area contributed by atoms with Crippen LogP contribution in [0.15, 0.2) is 0 Å². The van der Waals surface area contributed by atoms with Crippen molar-refractivity contribution in [2.45, 2.75) is 77.6 Å². The molecular weight excluding hydrogens is 180 g/mol. The van der Waals surface area contributed by atoms with E-state index in [1.165, 1.54) is 32.1 Å². The summed E-state index contributed by atoms with van der Waals surface area (Å²) in [6, 6.07) is 0. The van der Waals surface area contributed by atoms with Gasteiger partial charge in [0.05, 0.1) is 0 Å². The van der Waals surface area contributed by atoms with Gasteiger partial charge in [-0.25, -0.2) is 0 Å². The molecule has 0 saturated heterocycles. The van der Waals surface area contributed by atoms with Gasteiger partial charge in [0.1, 0.15) is 0 Å². The second kappa shape index (κ2) is 5.92. The maximum absolute atomic E-state index is 2.38. The Kier molecular flexibility index (Phi) is 4.53. The molecule has 2 fully saturated rings. The molecule has 88 valence electrons. The first kappa shape index (κ1) is 11.5. The van der Waals surface area contributed by atoms with E-state index in [9.17, 15) is 0 Å². The summed E-state index contributed by atoms with van der Waals surface area (Å²) in [7, 11) is 0. The van der Waals surface area contributed by atoms with E-state index in [0.717, 1.165) is 17.8 Å². The highest BCUT2D eigenvalue weighted by atomic mass is 14.3. The third-order valence-electron chi connectivity index (χ3n) is 4.93. The van der Waals surface area contributed by atoms with Crippen LogP contribution in [-0.2, 0) is 0 Å². The molecule has 0 nitrogen and oxygen atoms in total. The van der Waals surface area contributed by atoms with Crippen LogP contribution in [0.1, 0.15) is 77.6 Å². The Morgan fingerprint density at radius 1 is 0.733 bits per heavy atom. The summed E-state index contributed by atoms with van der Waals surface area (Å²) in [6.45, 7) is 2.38. The third-order valence-corrected chi connectivity index (χ3v) is 4.93. The van der Waals surface area contributed by atoms with Crippen LogP contribution in [-0.4, -0.2) is 0 Å². The highest BCUT2D eigenvalue weighted by Gasteiger charge is 2.22. The van der Waals surface area contributed by atoms with Gasteiger partial charge >= 0.3 is 0 Å². The van der Waals surface area contributed by atoms with Gasteiger partial charge in [-0.05, 0) is 24.2 Å². The molecule has 0 heteroatoms. The summed E-state index contributed by atoms with van der Waals surface area (Å²) >= 11 is 0. The number of hydrogen-bond acceptors (Lipinski definition) is 0. The second-order valence-electron chi connectivity index (χ2n) is 6.03. The monoisotopic (exact) mass is 208 g/mol. The lowest BCUT2D eigenvalue weighted by Gasteiger charge is -2.29. The van der Waals surface area contributed by atoms with Crippen molar-refractivity contribution in [3.63, 3.8) is 0 Å². The Balaban J connectivity index is 1.65. The van der Waals surface area contributed by atoms with Gasteiger partial charge in [-0.15, -0.1) is 0 Å². The molecule has 2 aliphatic carbocycles. The van der Waals surface area contributed by atoms with Crippen molar-refractivity contribution in [1.82, 2.24) is 0 Å². The lowest BCUT2D eigenvalue weighted by atomic mass is 9.77. The van der Waals surface area contributed by atoms with E-state index in [1.54, 1.807) is 38.5 Å². The molecule has 2 unspecified atom stereocenters. The predicted octanol–water partition coefficient (Wildman–Crippen LogP) is 5.17. The van der Waals surface area contributed by atoms with Gasteiger partial charge in [-0.3, -0.25) is 0 Å². The highest BCUT2D eigenvalue weighted by Crippen LogP contribution is 2.36. The van der Waals surface area contributed by atoms with Crippen LogP contribution in [0, 0.1) is 17.8 Å². The molecule has 15 heavy (non-hydrogen) atoms. The fourth-order valence-electron chi connectivity index (χ4n) is 3.81. The maximum atomic E-state index is 2.38.